The number of hydrogen-bond acceptors (Lipinski definition) is 2. The molecule has 0 aliphatic heterocycles. The lowest BCUT2D eigenvalue weighted by molar-refractivity contribution is 0.868. The number of rotatable bonds is 1. The predicted octanol–water partition coefficient (Wildman–Crippen LogP) is 2.95. The molecular weight excluding hydrogens is 250 g/mol. The van der Waals surface area contributed by atoms with Gasteiger partial charge in [0.05, 0.1) is 16.8 Å². The summed E-state index contributed by atoms with van der Waals surface area (Å²) in [6.45, 7) is 7.87. The standard InChI is InChI=1S/C16H17N3O/c1-9-5-6-13(10(2)7-9)19-16-15(12(4)18-19)14(20)8-11(3)17-16/h5-8H,1-4H3,(H,17,20). The second-order valence-electron chi connectivity index (χ2n) is 5.33. The summed E-state index contributed by atoms with van der Waals surface area (Å²) in [6, 6.07) is 7.83. The molecule has 102 valence electrons. The summed E-state index contributed by atoms with van der Waals surface area (Å²) in [5, 5.41) is 5.20. The van der Waals surface area contributed by atoms with Gasteiger partial charge >= 0.3 is 0 Å². The minimum Gasteiger partial charge on any atom is -0.343 e. The zero-order valence-electron chi connectivity index (χ0n) is 12.1. The summed E-state index contributed by atoms with van der Waals surface area (Å²) in [5.41, 5.74) is 5.72. The van der Waals surface area contributed by atoms with Crippen molar-refractivity contribution in [2.24, 2.45) is 0 Å². The summed E-state index contributed by atoms with van der Waals surface area (Å²) >= 11 is 0. The molecule has 20 heavy (non-hydrogen) atoms. The summed E-state index contributed by atoms with van der Waals surface area (Å²) in [5.74, 6) is 0. The van der Waals surface area contributed by atoms with Gasteiger partial charge in [0.2, 0.25) is 0 Å². The first-order valence-electron chi connectivity index (χ1n) is 6.64. The van der Waals surface area contributed by atoms with E-state index in [9.17, 15) is 4.79 Å². The molecule has 2 heterocycles. The van der Waals surface area contributed by atoms with Crippen molar-refractivity contribution in [3.05, 3.63) is 57.0 Å². The van der Waals surface area contributed by atoms with Crippen LogP contribution in [0.2, 0.25) is 0 Å². The first-order chi connectivity index (χ1) is 9.47. The highest BCUT2D eigenvalue weighted by Gasteiger charge is 2.14. The second kappa shape index (κ2) is 4.34. The average Bonchev–Trinajstić information content (AvgIpc) is 2.66. The Kier molecular flexibility index (Phi) is 2.74. The van der Waals surface area contributed by atoms with Crippen molar-refractivity contribution >= 4 is 11.0 Å². The van der Waals surface area contributed by atoms with Gasteiger partial charge in [0, 0.05) is 11.8 Å². The number of aromatic nitrogens is 3. The van der Waals surface area contributed by atoms with Crippen LogP contribution in [0.5, 0.6) is 0 Å². The normalized spacial score (nSPS) is 11.2. The Morgan fingerprint density at radius 1 is 1.10 bits per heavy atom. The van der Waals surface area contributed by atoms with Gasteiger partial charge in [-0.2, -0.15) is 5.10 Å². The molecule has 4 nitrogen and oxygen atoms in total. The van der Waals surface area contributed by atoms with E-state index in [1.165, 1.54) is 5.56 Å². The van der Waals surface area contributed by atoms with E-state index in [4.69, 9.17) is 0 Å². The number of hydrogen-bond donors (Lipinski definition) is 1. The van der Waals surface area contributed by atoms with Gasteiger partial charge in [0.25, 0.3) is 0 Å². The van der Waals surface area contributed by atoms with Crippen molar-refractivity contribution in [1.82, 2.24) is 14.8 Å². The molecule has 0 aliphatic rings. The zero-order chi connectivity index (χ0) is 14.4. The van der Waals surface area contributed by atoms with Crippen molar-refractivity contribution in [3.63, 3.8) is 0 Å². The number of benzene rings is 1. The lowest BCUT2D eigenvalue weighted by Crippen LogP contribution is -2.05. The Bertz CT molecular complexity index is 871. The van der Waals surface area contributed by atoms with Gasteiger partial charge < -0.3 is 4.98 Å². The average molecular weight is 267 g/mol. The Hall–Kier alpha value is -2.36. The van der Waals surface area contributed by atoms with Crippen LogP contribution in [0.25, 0.3) is 16.7 Å². The summed E-state index contributed by atoms with van der Waals surface area (Å²) in [4.78, 5) is 15.4. The van der Waals surface area contributed by atoms with Crippen molar-refractivity contribution in [2.45, 2.75) is 27.7 Å². The summed E-state index contributed by atoms with van der Waals surface area (Å²) in [6.07, 6.45) is 0. The minimum absolute atomic E-state index is 0.0183. The maximum atomic E-state index is 12.1. The predicted molar refractivity (Wildman–Crippen MR) is 80.6 cm³/mol. The van der Waals surface area contributed by atoms with Crippen molar-refractivity contribution in [1.29, 1.82) is 0 Å². The molecule has 0 atom stereocenters. The van der Waals surface area contributed by atoms with Crippen LogP contribution in [-0.4, -0.2) is 14.8 Å². The molecule has 0 aliphatic carbocycles. The Labute approximate surface area is 117 Å². The van der Waals surface area contributed by atoms with Gasteiger partial charge in [-0.15, -0.1) is 0 Å². The molecule has 0 spiro atoms. The van der Waals surface area contributed by atoms with Gasteiger partial charge in [-0.05, 0) is 39.3 Å². The van der Waals surface area contributed by atoms with E-state index in [0.29, 0.717) is 5.39 Å². The van der Waals surface area contributed by atoms with E-state index in [2.05, 4.69) is 36.1 Å². The van der Waals surface area contributed by atoms with Crippen LogP contribution in [0.15, 0.2) is 29.1 Å². The van der Waals surface area contributed by atoms with Crippen molar-refractivity contribution < 1.29 is 0 Å². The maximum absolute atomic E-state index is 12.1. The highest BCUT2D eigenvalue weighted by Crippen LogP contribution is 2.21. The number of aromatic amines is 1. The fourth-order valence-electron chi connectivity index (χ4n) is 2.65. The number of fused-ring (bicyclic) bond motifs is 1. The molecule has 1 aromatic carbocycles. The topological polar surface area (TPSA) is 50.7 Å². The van der Waals surface area contributed by atoms with Crippen LogP contribution in [0.4, 0.5) is 0 Å². The monoisotopic (exact) mass is 267 g/mol. The quantitative estimate of drug-likeness (QED) is 0.737. The molecule has 3 aromatic rings. The fraction of sp³-hybridized carbons (Fsp3) is 0.250. The summed E-state index contributed by atoms with van der Waals surface area (Å²) < 4.78 is 1.83. The van der Waals surface area contributed by atoms with Crippen LogP contribution in [0.1, 0.15) is 22.5 Å². The number of H-pyrrole nitrogens is 1. The highest BCUT2D eigenvalue weighted by atomic mass is 16.1. The first kappa shape index (κ1) is 12.7. The molecule has 3 rings (SSSR count). The van der Waals surface area contributed by atoms with Crippen LogP contribution in [0.3, 0.4) is 0 Å². The van der Waals surface area contributed by atoms with E-state index < -0.39 is 0 Å². The highest BCUT2D eigenvalue weighted by molar-refractivity contribution is 5.80. The molecular formula is C16H17N3O. The van der Waals surface area contributed by atoms with Gasteiger partial charge in [-0.3, -0.25) is 4.79 Å². The third-order valence-corrected chi connectivity index (χ3v) is 3.55. The smallest absolute Gasteiger partial charge is 0.193 e. The zero-order valence-corrected chi connectivity index (χ0v) is 12.1. The van der Waals surface area contributed by atoms with E-state index >= 15 is 0 Å². The molecule has 0 fully saturated rings. The van der Waals surface area contributed by atoms with Crippen molar-refractivity contribution in [2.75, 3.05) is 0 Å². The molecule has 0 unspecified atom stereocenters. The van der Waals surface area contributed by atoms with Gasteiger partial charge in [-0.25, -0.2) is 4.68 Å². The number of nitrogens with zero attached hydrogens (tertiary/aromatic N) is 2. The lowest BCUT2D eigenvalue weighted by Gasteiger charge is -2.08. The first-order valence-corrected chi connectivity index (χ1v) is 6.64. The molecule has 0 bridgehead atoms. The van der Waals surface area contributed by atoms with Gasteiger partial charge in [-0.1, -0.05) is 17.7 Å². The maximum Gasteiger partial charge on any atom is 0.193 e. The van der Waals surface area contributed by atoms with E-state index in [1.807, 2.05) is 24.6 Å². The third kappa shape index (κ3) is 1.84. The summed E-state index contributed by atoms with van der Waals surface area (Å²) in [7, 11) is 0. The molecule has 0 amide bonds. The van der Waals surface area contributed by atoms with Crippen LogP contribution in [-0.2, 0) is 0 Å². The van der Waals surface area contributed by atoms with E-state index in [1.54, 1.807) is 6.07 Å². The number of nitrogens with one attached hydrogen (secondary N) is 1. The fourth-order valence-corrected chi connectivity index (χ4v) is 2.65. The largest absolute Gasteiger partial charge is 0.343 e. The van der Waals surface area contributed by atoms with Gasteiger partial charge in [0.1, 0.15) is 5.65 Å². The van der Waals surface area contributed by atoms with Crippen molar-refractivity contribution in [3.8, 4) is 5.69 Å². The molecule has 4 heteroatoms. The van der Waals surface area contributed by atoms with Crippen LogP contribution >= 0.6 is 0 Å². The Balaban J connectivity index is 2.40. The lowest BCUT2D eigenvalue weighted by atomic mass is 10.1. The third-order valence-electron chi connectivity index (χ3n) is 3.55. The number of aryl methyl sites for hydroxylation is 4. The Morgan fingerprint density at radius 2 is 1.85 bits per heavy atom. The minimum atomic E-state index is 0.0183. The van der Waals surface area contributed by atoms with E-state index in [-0.39, 0.29) is 5.43 Å². The SMILES string of the molecule is Cc1ccc(-n2nc(C)c3c(=O)cc(C)[nH]c32)c(C)c1. The molecule has 0 radical (unpaired) electrons. The molecule has 0 saturated heterocycles. The molecule has 2 aromatic heterocycles. The van der Waals surface area contributed by atoms with E-state index in [0.717, 1.165) is 28.3 Å². The molecule has 1 N–H and O–H groups in total. The number of pyridine rings is 1. The Morgan fingerprint density at radius 3 is 2.55 bits per heavy atom. The van der Waals surface area contributed by atoms with Gasteiger partial charge in [0.15, 0.2) is 5.43 Å². The second-order valence-corrected chi connectivity index (χ2v) is 5.33. The van der Waals surface area contributed by atoms with Crippen LogP contribution < -0.4 is 5.43 Å². The van der Waals surface area contributed by atoms with Crippen LogP contribution in [0, 0.1) is 27.7 Å². The molecule has 0 saturated carbocycles.